The Morgan fingerprint density at radius 1 is 1.62 bits per heavy atom. The quantitative estimate of drug-likeness (QED) is 0.827. The Morgan fingerprint density at radius 2 is 2.56 bits per heavy atom. The molecule has 1 N–H and O–H groups in total. The number of hydrogen-bond donors (Lipinski definition) is 1. The van der Waals surface area contributed by atoms with E-state index in [1.54, 1.807) is 0 Å². The summed E-state index contributed by atoms with van der Waals surface area (Å²) in [4.78, 5) is 4.37. The minimum Gasteiger partial charge on any atom is -0.355 e. The van der Waals surface area contributed by atoms with Crippen LogP contribution in [0.15, 0.2) is 12.4 Å². The van der Waals surface area contributed by atoms with Gasteiger partial charge in [0, 0.05) is 30.7 Å². The Hall–Kier alpha value is -0.640. The molecule has 0 aliphatic carbocycles. The van der Waals surface area contributed by atoms with E-state index in [9.17, 15) is 0 Å². The number of aromatic nitrogens is 2. The topological polar surface area (TPSA) is 29.9 Å². The van der Waals surface area contributed by atoms with Crippen molar-refractivity contribution in [2.24, 2.45) is 0 Å². The van der Waals surface area contributed by atoms with Crippen LogP contribution in [0, 0.1) is 0 Å². The van der Waals surface area contributed by atoms with Crippen LogP contribution in [0.3, 0.4) is 0 Å². The Kier molecular flexibility index (Phi) is 4.57. The minimum atomic E-state index is 0.788. The molecule has 1 aromatic rings. The fourth-order valence-electron chi connectivity index (χ4n) is 2.00. The van der Waals surface area contributed by atoms with Crippen molar-refractivity contribution in [3.63, 3.8) is 0 Å². The van der Waals surface area contributed by atoms with Gasteiger partial charge in [0.1, 0.15) is 0 Å². The zero-order valence-electron chi connectivity index (χ0n) is 9.98. The largest absolute Gasteiger partial charge is 0.355 e. The molecule has 90 valence electrons. The number of nitrogens with one attached hydrogen (secondary N) is 1. The lowest BCUT2D eigenvalue weighted by molar-refractivity contribution is 0.634. The standard InChI is InChI=1S/C12H21N3S/c1-2-3-7-15-8-6-13-12(15)14-10-11-5-4-9-16-11/h6,8,11H,2-5,7,9-10H2,1H3,(H,13,14). The Labute approximate surface area is 102 Å². The highest BCUT2D eigenvalue weighted by Crippen LogP contribution is 2.26. The lowest BCUT2D eigenvalue weighted by Gasteiger charge is -2.12. The van der Waals surface area contributed by atoms with E-state index in [1.807, 2.05) is 6.20 Å². The minimum absolute atomic E-state index is 0.788. The zero-order valence-corrected chi connectivity index (χ0v) is 10.8. The van der Waals surface area contributed by atoms with E-state index in [0.29, 0.717) is 0 Å². The molecule has 1 fully saturated rings. The molecule has 0 radical (unpaired) electrons. The van der Waals surface area contributed by atoms with Crippen LogP contribution in [-0.4, -0.2) is 27.1 Å². The van der Waals surface area contributed by atoms with E-state index in [-0.39, 0.29) is 0 Å². The van der Waals surface area contributed by atoms with Gasteiger partial charge in [0.25, 0.3) is 0 Å². The second kappa shape index (κ2) is 6.18. The molecule has 1 saturated heterocycles. The molecule has 1 aliphatic rings. The van der Waals surface area contributed by atoms with Gasteiger partial charge < -0.3 is 9.88 Å². The number of aryl methyl sites for hydroxylation is 1. The van der Waals surface area contributed by atoms with Gasteiger partial charge in [-0.25, -0.2) is 4.98 Å². The lowest BCUT2D eigenvalue weighted by Crippen LogP contribution is -2.16. The van der Waals surface area contributed by atoms with E-state index in [4.69, 9.17) is 0 Å². The molecule has 0 spiro atoms. The summed E-state index contributed by atoms with van der Waals surface area (Å²) >= 11 is 2.09. The summed E-state index contributed by atoms with van der Waals surface area (Å²) in [5.74, 6) is 2.37. The Bertz CT molecular complexity index is 305. The molecule has 1 unspecified atom stereocenters. The van der Waals surface area contributed by atoms with Crippen molar-refractivity contribution < 1.29 is 0 Å². The predicted molar refractivity (Wildman–Crippen MR) is 71.1 cm³/mol. The first kappa shape index (κ1) is 11.8. The molecule has 1 atom stereocenters. The number of nitrogens with zero attached hydrogens (tertiary/aromatic N) is 2. The first-order valence-corrected chi connectivity index (χ1v) is 7.31. The average molecular weight is 239 g/mol. The van der Waals surface area contributed by atoms with Crippen LogP contribution in [0.25, 0.3) is 0 Å². The van der Waals surface area contributed by atoms with E-state index in [2.05, 4.69) is 39.8 Å². The Balaban J connectivity index is 1.80. The van der Waals surface area contributed by atoms with Crippen LogP contribution in [0.2, 0.25) is 0 Å². The Morgan fingerprint density at radius 3 is 3.31 bits per heavy atom. The molecule has 2 heterocycles. The fourth-order valence-corrected chi connectivity index (χ4v) is 3.20. The third-order valence-electron chi connectivity index (χ3n) is 2.98. The maximum atomic E-state index is 4.37. The maximum Gasteiger partial charge on any atom is 0.202 e. The summed E-state index contributed by atoms with van der Waals surface area (Å²) in [7, 11) is 0. The highest BCUT2D eigenvalue weighted by molar-refractivity contribution is 8.00. The van der Waals surface area contributed by atoms with Gasteiger partial charge in [-0.05, 0) is 25.0 Å². The van der Waals surface area contributed by atoms with Crippen LogP contribution < -0.4 is 5.32 Å². The molecule has 3 nitrogen and oxygen atoms in total. The number of thioether (sulfide) groups is 1. The molecule has 4 heteroatoms. The molecular weight excluding hydrogens is 218 g/mol. The van der Waals surface area contributed by atoms with Crippen LogP contribution in [0.5, 0.6) is 0 Å². The summed E-state index contributed by atoms with van der Waals surface area (Å²) in [6.45, 7) is 4.36. The van der Waals surface area contributed by atoms with Gasteiger partial charge in [-0.15, -0.1) is 0 Å². The van der Waals surface area contributed by atoms with E-state index < -0.39 is 0 Å². The molecule has 1 aromatic heterocycles. The van der Waals surface area contributed by atoms with Crippen LogP contribution >= 0.6 is 11.8 Å². The maximum absolute atomic E-state index is 4.37. The summed E-state index contributed by atoms with van der Waals surface area (Å²) < 4.78 is 2.23. The SMILES string of the molecule is CCCCn1ccnc1NCC1CCCS1. The molecule has 2 rings (SSSR count). The molecule has 0 bridgehead atoms. The van der Waals surface area contributed by atoms with E-state index in [1.165, 1.54) is 31.4 Å². The second-order valence-corrected chi connectivity index (χ2v) is 5.72. The smallest absolute Gasteiger partial charge is 0.202 e. The predicted octanol–water partition coefficient (Wildman–Crippen LogP) is 2.99. The summed E-state index contributed by atoms with van der Waals surface area (Å²) in [6, 6.07) is 0. The van der Waals surface area contributed by atoms with Crippen molar-refractivity contribution in [1.82, 2.24) is 9.55 Å². The fraction of sp³-hybridized carbons (Fsp3) is 0.750. The van der Waals surface area contributed by atoms with Gasteiger partial charge in [-0.1, -0.05) is 13.3 Å². The summed E-state index contributed by atoms with van der Waals surface area (Å²) in [5, 5.41) is 4.26. The highest BCUT2D eigenvalue weighted by atomic mass is 32.2. The van der Waals surface area contributed by atoms with Gasteiger partial charge in [0.2, 0.25) is 5.95 Å². The van der Waals surface area contributed by atoms with Crippen molar-refractivity contribution in [3.05, 3.63) is 12.4 Å². The molecular formula is C12H21N3S. The van der Waals surface area contributed by atoms with Crippen molar-refractivity contribution in [2.45, 2.75) is 44.4 Å². The molecule has 0 aromatic carbocycles. The number of rotatable bonds is 6. The van der Waals surface area contributed by atoms with Crippen LogP contribution in [0.1, 0.15) is 32.6 Å². The van der Waals surface area contributed by atoms with E-state index >= 15 is 0 Å². The van der Waals surface area contributed by atoms with Gasteiger partial charge in [0.15, 0.2) is 0 Å². The molecule has 0 amide bonds. The van der Waals surface area contributed by atoms with Gasteiger partial charge >= 0.3 is 0 Å². The first-order chi connectivity index (χ1) is 7.90. The average Bonchev–Trinajstić information content (AvgIpc) is 2.94. The van der Waals surface area contributed by atoms with Crippen molar-refractivity contribution in [3.8, 4) is 0 Å². The van der Waals surface area contributed by atoms with Crippen LogP contribution in [0.4, 0.5) is 5.95 Å². The zero-order chi connectivity index (χ0) is 11.2. The van der Waals surface area contributed by atoms with Gasteiger partial charge in [-0.2, -0.15) is 11.8 Å². The summed E-state index contributed by atoms with van der Waals surface area (Å²) in [6.07, 6.45) is 9.15. The highest BCUT2D eigenvalue weighted by Gasteiger charge is 2.15. The number of anilines is 1. The van der Waals surface area contributed by atoms with Gasteiger partial charge in [-0.3, -0.25) is 0 Å². The van der Waals surface area contributed by atoms with Crippen molar-refractivity contribution >= 4 is 17.7 Å². The number of imidazole rings is 1. The van der Waals surface area contributed by atoms with Gasteiger partial charge in [0.05, 0.1) is 0 Å². The normalized spacial score (nSPS) is 20.2. The number of unbranched alkanes of at least 4 members (excludes halogenated alkanes) is 1. The molecule has 0 saturated carbocycles. The van der Waals surface area contributed by atoms with Crippen molar-refractivity contribution in [2.75, 3.05) is 17.6 Å². The number of hydrogen-bond acceptors (Lipinski definition) is 3. The van der Waals surface area contributed by atoms with E-state index in [0.717, 1.165) is 24.3 Å². The summed E-state index contributed by atoms with van der Waals surface area (Å²) in [5.41, 5.74) is 0. The third kappa shape index (κ3) is 3.17. The van der Waals surface area contributed by atoms with Crippen LogP contribution in [-0.2, 0) is 6.54 Å². The lowest BCUT2D eigenvalue weighted by atomic mass is 10.2. The first-order valence-electron chi connectivity index (χ1n) is 6.26. The van der Waals surface area contributed by atoms with Crippen molar-refractivity contribution in [1.29, 1.82) is 0 Å². The monoisotopic (exact) mass is 239 g/mol. The second-order valence-electron chi connectivity index (χ2n) is 4.31. The molecule has 16 heavy (non-hydrogen) atoms. The molecule has 1 aliphatic heterocycles. The third-order valence-corrected chi connectivity index (χ3v) is 4.38.